The first-order valence-corrected chi connectivity index (χ1v) is 5.47. The molecule has 5 nitrogen and oxygen atoms in total. The summed E-state index contributed by atoms with van der Waals surface area (Å²) in [5, 5.41) is 3.89. The summed E-state index contributed by atoms with van der Waals surface area (Å²) in [5.41, 5.74) is 5.63. The van der Waals surface area contributed by atoms with E-state index in [2.05, 4.69) is 28.9 Å². The highest BCUT2D eigenvalue weighted by Crippen LogP contribution is 2.06. The largest absolute Gasteiger partial charge is 0.338 e. The van der Waals surface area contributed by atoms with Crippen molar-refractivity contribution < 1.29 is 4.52 Å². The lowest BCUT2D eigenvalue weighted by atomic mass is 10.3. The number of rotatable bonds is 6. The predicted octanol–water partition coefficient (Wildman–Crippen LogP) is 0.974. The van der Waals surface area contributed by atoms with E-state index in [0.29, 0.717) is 5.89 Å². The minimum atomic E-state index is -0.181. The van der Waals surface area contributed by atoms with Crippen LogP contribution in [0.25, 0.3) is 0 Å². The molecule has 0 saturated carbocycles. The zero-order chi connectivity index (χ0) is 11.3. The third kappa shape index (κ3) is 3.60. The van der Waals surface area contributed by atoms with Gasteiger partial charge in [0.25, 0.3) is 0 Å². The van der Waals surface area contributed by atoms with Crippen LogP contribution < -0.4 is 5.73 Å². The van der Waals surface area contributed by atoms with Gasteiger partial charge in [0.05, 0.1) is 6.04 Å². The van der Waals surface area contributed by atoms with E-state index in [-0.39, 0.29) is 6.04 Å². The van der Waals surface area contributed by atoms with Crippen LogP contribution in [-0.2, 0) is 6.42 Å². The Kier molecular flexibility index (Phi) is 4.71. The maximum Gasteiger partial charge on any atom is 0.243 e. The van der Waals surface area contributed by atoms with Crippen molar-refractivity contribution in [2.24, 2.45) is 5.73 Å². The SMILES string of the molecule is CCN(CC)CCc1noc([C@@H](C)N)n1. The average molecular weight is 212 g/mol. The molecule has 15 heavy (non-hydrogen) atoms. The Bertz CT molecular complexity index is 281. The zero-order valence-electron chi connectivity index (χ0n) is 9.73. The van der Waals surface area contributed by atoms with Gasteiger partial charge in [0.15, 0.2) is 5.82 Å². The summed E-state index contributed by atoms with van der Waals surface area (Å²) in [6.07, 6.45) is 0.817. The maximum absolute atomic E-state index is 5.63. The van der Waals surface area contributed by atoms with E-state index in [0.717, 1.165) is 31.9 Å². The molecule has 1 aromatic heterocycles. The third-order valence-corrected chi connectivity index (χ3v) is 2.42. The second kappa shape index (κ2) is 5.82. The van der Waals surface area contributed by atoms with Crippen LogP contribution >= 0.6 is 0 Å². The second-order valence-corrected chi connectivity index (χ2v) is 3.61. The molecule has 1 aromatic rings. The molecule has 0 aliphatic carbocycles. The van der Waals surface area contributed by atoms with Crippen LogP contribution in [0.5, 0.6) is 0 Å². The zero-order valence-corrected chi connectivity index (χ0v) is 9.73. The van der Waals surface area contributed by atoms with Crippen LogP contribution in [0.4, 0.5) is 0 Å². The molecule has 1 heterocycles. The van der Waals surface area contributed by atoms with Gasteiger partial charge in [-0.2, -0.15) is 4.98 Å². The lowest BCUT2D eigenvalue weighted by Gasteiger charge is -2.16. The van der Waals surface area contributed by atoms with Gasteiger partial charge in [0.2, 0.25) is 5.89 Å². The van der Waals surface area contributed by atoms with Crippen molar-refractivity contribution in [1.82, 2.24) is 15.0 Å². The first-order chi connectivity index (χ1) is 7.17. The van der Waals surface area contributed by atoms with Gasteiger partial charge in [-0.15, -0.1) is 0 Å². The molecule has 0 aliphatic heterocycles. The number of aromatic nitrogens is 2. The topological polar surface area (TPSA) is 68.2 Å². The summed E-state index contributed by atoms with van der Waals surface area (Å²) >= 11 is 0. The van der Waals surface area contributed by atoms with E-state index in [1.807, 2.05) is 6.92 Å². The van der Waals surface area contributed by atoms with Crippen molar-refractivity contribution in [2.45, 2.75) is 33.2 Å². The number of nitrogens with two attached hydrogens (primary N) is 1. The summed E-state index contributed by atoms with van der Waals surface area (Å²) in [5.74, 6) is 1.26. The van der Waals surface area contributed by atoms with Crippen LogP contribution in [0, 0.1) is 0 Å². The van der Waals surface area contributed by atoms with Crippen LogP contribution in [0.3, 0.4) is 0 Å². The highest BCUT2D eigenvalue weighted by molar-refractivity contribution is 4.90. The molecular formula is C10H20N4O. The third-order valence-electron chi connectivity index (χ3n) is 2.42. The number of nitrogens with zero attached hydrogens (tertiary/aromatic N) is 3. The van der Waals surface area contributed by atoms with Gasteiger partial charge in [-0.05, 0) is 20.0 Å². The normalized spacial score (nSPS) is 13.4. The molecule has 2 N–H and O–H groups in total. The molecule has 86 valence electrons. The minimum absolute atomic E-state index is 0.181. The fourth-order valence-electron chi connectivity index (χ4n) is 1.35. The van der Waals surface area contributed by atoms with Crippen molar-refractivity contribution in [2.75, 3.05) is 19.6 Å². The summed E-state index contributed by atoms with van der Waals surface area (Å²) in [7, 11) is 0. The number of hydrogen-bond acceptors (Lipinski definition) is 5. The average Bonchev–Trinajstić information content (AvgIpc) is 2.68. The Balaban J connectivity index is 2.43. The van der Waals surface area contributed by atoms with E-state index in [1.165, 1.54) is 0 Å². The minimum Gasteiger partial charge on any atom is -0.338 e. The van der Waals surface area contributed by atoms with Crippen LogP contribution in [0.1, 0.15) is 38.5 Å². The van der Waals surface area contributed by atoms with Crippen molar-refractivity contribution in [3.8, 4) is 0 Å². The van der Waals surface area contributed by atoms with Gasteiger partial charge in [0.1, 0.15) is 0 Å². The fraction of sp³-hybridized carbons (Fsp3) is 0.800. The van der Waals surface area contributed by atoms with E-state index in [4.69, 9.17) is 10.3 Å². The summed E-state index contributed by atoms with van der Waals surface area (Å²) in [6.45, 7) is 9.19. The fourth-order valence-corrected chi connectivity index (χ4v) is 1.35. The predicted molar refractivity (Wildman–Crippen MR) is 58.4 cm³/mol. The van der Waals surface area contributed by atoms with E-state index in [1.54, 1.807) is 0 Å². The Hall–Kier alpha value is -0.940. The molecule has 0 spiro atoms. The summed E-state index contributed by atoms with van der Waals surface area (Å²) in [4.78, 5) is 6.54. The molecular weight excluding hydrogens is 192 g/mol. The highest BCUT2D eigenvalue weighted by atomic mass is 16.5. The molecule has 0 aliphatic rings. The molecule has 0 fully saturated rings. The summed E-state index contributed by atoms with van der Waals surface area (Å²) in [6, 6.07) is -0.181. The van der Waals surface area contributed by atoms with E-state index >= 15 is 0 Å². The first-order valence-electron chi connectivity index (χ1n) is 5.47. The number of hydrogen-bond donors (Lipinski definition) is 1. The molecule has 0 amide bonds. The van der Waals surface area contributed by atoms with Crippen molar-refractivity contribution in [3.63, 3.8) is 0 Å². The molecule has 0 bridgehead atoms. The Labute approximate surface area is 90.6 Å². The van der Waals surface area contributed by atoms with Crippen molar-refractivity contribution >= 4 is 0 Å². The first kappa shape index (κ1) is 12.1. The van der Waals surface area contributed by atoms with Crippen molar-refractivity contribution in [1.29, 1.82) is 0 Å². The Morgan fingerprint density at radius 1 is 1.40 bits per heavy atom. The van der Waals surface area contributed by atoms with Gasteiger partial charge < -0.3 is 15.2 Å². The van der Waals surface area contributed by atoms with Gasteiger partial charge >= 0.3 is 0 Å². The lowest BCUT2D eigenvalue weighted by molar-refractivity contribution is 0.302. The standard InChI is InChI=1S/C10H20N4O/c1-4-14(5-2)7-6-9-12-10(8(3)11)15-13-9/h8H,4-7,11H2,1-3H3/t8-/m1/s1. The van der Waals surface area contributed by atoms with Crippen LogP contribution in [0.2, 0.25) is 0 Å². The monoisotopic (exact) mass is 212 g/mol. The Morgan fingerprint density at radius 2 is 2.07 bits per heavy atom. The lowest BCUT2D eigenvalue weighted by Crippen LogP contribution is -2.25. The highest BCUT2D eigenvalue weighted by Gasteiger charge is 2.10. The van der Waals surface area contributed by atoms with Gasteiger partial charge in [-0.25, -0.2) is 0 Å². The number of likely N-dealkylation sites (N-methyl/N-ethyl adjacent to an activating group) is 1. The smallest absolute Gasteiger partial charge is 0.243 e. The quantitative estimate of drug-likeness (QED) is 0.761. The van der Waals surface area contributed by atoms with Crippen LogP contribution in [0.15, 0.2) is 4.52 Å². The van der Waals surface area contributed by atoms with E-state index in [9.17, 15) is 0 Å². The molecule has 0 saturated heterocycles. The van der Waals surface area contributed by atoms with Crippen molar-refractivity contribution in [3.05, 3.63) is 11.7 Å². The molecule has 0 aromatic carbocycles. The summed E-state index contributed by atoms with van der Waals surface area (Å²) < 4.78 is 5.02. The van der Waals surface area contributed by atoms with Gasteiger partial charge in [-0.1, -0.05) is 19.0 Å². The van der Waals surface area contributed by atoms with Gasteiger partial charge in [-0.3, -0.25) is 0 Å². The molecule has 1 rings (SSSR count). The molecule has 0 unspecified atom stereocenters. The molecule has 5 heteroatoms. The molecule has 0 radical (unpaired) electrons. The molecule has 1 atom stereocenters. The van der Waals surface area contributed by atoms with Gasteiger partial charge in [0, 0.05) is 13.0 Å². The van der Waals surface area contributed by atoms with E-state index < -0.39 is 0 Å². The maximum atomic E-state index is 5.63. The Morgan fingerprint density at radius 3 is 2.53 bits per heavy atom. The second-order valence-electron chi connectivity index (χ2n) is 3.61. The van der Waals surface area contributed by atoms with Crippen LogP contribution in [-0.4, -0.2) is 34.7 Å².